The molecule has 1 saturated carbocycles. The smallest absolute Gasteiger partial charge is 0.208 e. The highest BCUT2D eigenvalue weighted by Gasteiger charge is 2.29. The molecule has 1 N–H and O–H groups in total. The first-order chi connectivity index (χ1) is 4.49. The van der Waals surface area contributed by atoms with Crippen molar-refractivity contribution in [2.24, 2.45) is 5.92 Å². The molecular formula is C6H13NO2S. The Kier molecular flexibility index (Phi) is 2.01. The van der Waals surface area contributed by atoms with Gasteiger partial charge in [-0.3, -0.25) is 0 Å². The lowest BCUT2D eigenvalue weighted by Gasteiger charge is -2.09. The van der Waals surface area contributed by atoms with Gasteiger partial charge in [-0.2, -0.15) is 0 Å². The molecule has 0 aromatic carbocycles. The Morgan fingerprint density at radius 3 is 2.30 bits per heavy atom. The van der Waals surface area contributed by atoms with Crippen molar-refractivity contribution in [2.45, 2.75) is 25.8 Å². The molecule has 4 heteroatoms. The molecule has 1 rings (SSSR count). The van der Waals surface area contributed by atoms with E-state index in [0.717, 1.165) is 0 Å². The lowest BCUT2D eigenvalue weighted by atomic mass is 10.2. The highest BCUT2D eigenvalue weighted by molar-refractivity contribution is 7.88. The number of sulfonamides is 1. The Labute approximate surface area is 61.9 Å². The van der Waals surface area contributed by atoms with Gasteiger partial charge in [-0.25, -0.2) is 13.1 Å². The van der Waals surface area contributed by atoms with Gasteiger partial charge < -0.3 is 0 Å². The minimum Gasteiger partial charge on any atom is -0.213 e. The molecule has 1 aliphatic carbocycles. The maximum absolute atomic E-state index is 10.7. The first-order valence-corrected chi connectivity index (χ1v) is 5.35. The second-order valence-electron chi connectivity index (χ2n) is 3.02. The molecule has 1 atom stereocenters. The first-order valence-electron chi connectivity index (χ1n) is 3.46. The Hall–Kier alpha value is -0.0900. The van der Waals surface area contributed by atoms with Crippen LogP contribution in [0.3, 0.4) is 0 Å². The Morgan fingerprint density at radius 2 is 2.00 bits per heavy atom. The van der Waals surface area contributed by atoms with Crippen LogP contribution in [0.5, 0.6) is 0 Å². The molecule has 10 heavy (non-hydrogen) atoms. The summed E-state index contributed by atoms with van der Waals surface area (Å²) in [6, 6.07) is 0.134. The van der Waals surface area contributed by atoms with Crippen LogP contribution in [0.1, 0.15) is 19.8 Å². The van der Waals surface area contributed by atoms with E-state index in [1.54, 1.807) is 0 Å². The SMILES string of the molecule is CC(NS(C)(=O)=O)C1CC1. The van der Waals surface area contributed by atoms with E-state index >= 15 is 0 Å². The van der Waals surface area contributed by atoms with Crippen LogP contribution in [0, 0.1) is 5.92 Å². The molecule has 0 saturated heterocycles. The predicted octanol–water partition coefficient (Wildman–Crippen LogP) is 0.334. The van der Waals surface area contributed by atoms with Crippen LogP contribution >= 0.6 is 0 Å². The quantitative estimate of drug-likeness (QED) is 0.652. The van der Waals surface area contributed by atoms with Crippen molar-refractivity contribution in [1.29, 1.82) is 0 Å². The summed E-state index contributed by atoms with van der Waals surface area (Å²) in [5, 5.41) is 0. The Morgan fingerprint density at radius 1 is 1.50 bits per heavy atom. The van der Waals surface area contributed by atoms with Crippen LogP contribution in [-0.2, 0) is 10.0 Å². The fourth-order valence-electron chi connectivity index (χ4n) is 1.03. The van der Waals surface area contributed by atoms with Crippen molar-refractivity contribution >= 4 is 10.0 Å². The van der Waals surface area contributed by atoms with Crippen molar-refractivity contribution in [3.05, 3.63) is 0 Å². The van der Waals surface area contributed by atoms with Gasteiger partial charge in [-0.05, 0) is 25.7 Å². The molecule has 1 unspecified atom stereocenters. The van der Waals surface area contributed by atoms with E-state index in [4.69, 9.17) is 0 Å². The zero-order valence-electron chi connectivity index (χ0n) is 6.29. The Bertz CT molecular complexity index is 206. The second kappa shape index (κ2) is 2.51. The summed E-state index contributed by atoms with van der Waals surface area (Å²) in [4.78, 5) is 0. The highest BCUT2D eigenvalue weighted by Crippen LogP contribution is 2.32. The van der Waals surface area contributed by atoms with Gasteiger partial charge in [0.15, 0.2) is 0 Å². The standard InChI is InChI=1S/C6H13NO2S/c1-5(6-3-4-6)7-10(2,8)9/h5-7H,3-4H2,1-2H3. The van der Waals surface area contributed by atoms with Crippen LogP contribution in [-0.4, -0.2) is 20.7 Å². The normalized spacial score (nSPS) is 22.6. The summed E-state index contributed by atoms with van der Waals surface area (Å²) < 4.78 is 23.9. The highest BCUT2D eigenvalue weighted by atomic mass is 32.2. The van der Waals surface area contributed by atoms with E-state index in [1.807, 2.05) is 6.92 Å². The Balaban J connectivity index is 2.37. The van der Waals surface area contributed by atoms with Gasteiger partial charge in [0, 0.05) is 6.04 Å². The van der Waals surface area contributed by atoms with Crippen LogP contribution in [0.15, 0.2) is 0 Å². The molecule has 0 radical (unpaired) electrons. The number of nitrogens with one attached hydrogen (secondary N) is 1. The van der Waals surface area contributed by atoms with Gasteiger partial charge in [0.05, 0.1) is 6.26 Å². The predicted molar refractivity (Wildman–Crippen MR) is 40.2 cm³/mol. The number of hydrogen-bond acceptors (Lipinski definition) is 2. The minimum absolute atomic E-state index is 0.134. The molecule has 1 fully saturated rings. The summed E-state index contributed by atoms with van der Waals surface area (Å²) in [7, 11) is -2.98. The molecule has 0 spiro atoms. The number of rotatable bonds is 3. The van der Waals surface area contributed by atoms with Gasteiger partial charge >= 0.3 is 0 Å². The fraction of sp³-hybridized carbons (Fsp3) is 1.00. The van der Waals surface area contributed by atoms with E-state index in [1.165, 1.54) is 19.1 Å². The fourth-order valence-corrected chi connectivity index (χ4v) is 1.90. The molecule has 0 aromatic heterocycles. The molecule has 0 aromatic rings. The third kappa shape index (κ3) is 2.66. The molecule has 0 heterocycles. The number of hydrogen-bond donors (Lipinski definition) is 1. The zero-order valence-corrected chi connectivity index (χ0v) is 7.11. The first kappa shape index (κ1) is 8.01. The minimum atomic E-state index is -2.98. The third-order valence-corrected chi connectivity index (χ3v) is 2.53. The van der Waals surface area contributed by atoms with Crippen molar-refractivity contribution in [1.82, 2.24) is 4.72 Å². The van der Waals surface area contributed by atoms with Crippen LogP contribution in [0.25, 0.3) is 0 Å². The van der Waals surface area contributed by atoms with E-state index in [0.29, 0.717) is 5.92 Å². The monoisotopic (exact) mass is 163 g/mol. The molecule has 60 valence electrons. The van der Waals surface area contributed by atoms with E-state index in [-0.39, 0.29) is 6.04 Å². The van der Waals surface area contributed by atoms with E-state index in [2.05, 4.69) is 4.72 Å². The van der Waals surface area contributed by atoms with Gasteiger partial charge in [0.2, 0.25) is 10.0 Å². The molecular weight excluding hydrogens is 150 g/mol. The zero-order chi connectivity index (χ0) is 7.78. The second-order valence-corrected chi connectivity index (χ2v) is 4.80. The average Bonchev–Trinajstić information content (AvgIpc) is 2.35. The summed E-state index contributed by atoms with van der Waals surface area (Å²) in [5.74, 6) is 0.592. The molecule has 3 nitrogen and oxygen atoms in total. The topological polar surface area (TPSA) is 46.2 Å². The largest absolute Gasteiger partial charge is 0.213 e. The van der Waals surface area contributed by atoms with Crippen LogP contribution < -0.4 is 4.72 Å². The van der Waals surface area contributed by atoms with Crippen molar-refractivity contribution in [3.8, 4) is 0 Å². The summed E-state index contributed by atoms with van der Waals surface area (Å²) in [5.41, 5.74) is 0. The van der Waals surface area contributed by atoms with E-state index in [9.17, 15) is 8.42 Å². The molecule has 0 amide bonds. The molecule has 0 bridgehead atoms. The van der Waals surface area contributed by atoms with Gasteiger partial charge in [-0.1, -0.05) is 0 Å². The summed E-state index contributed by atoms with van der Waals surface area (Å²) >= 11 is 0. The average molecular weight is 163 g/mol. The van der Waals surface area contributed by atoms with Gasteiger partial charge in [-0.15, -0.1) is 0 Å². The van der Waals surface area contributed by atoms with Gasteiger partial charge in [0.1, 0.15) is 0 Å². The van der Waals surface area contributed by atoms with Gasteiger partial charge in [0.25, 0.3) is 0 Å². The lowest BCUT2D eigenvalue weighted by Crippen LogP contribution is -2.32. The third-order valence-electron chi connectivity index (χ3n) is 1.73. The van der Waals surface area contributed by atoms with E-state index < -0.39 is 10.0 Å². The maximum atomic E-state index is 10.7. The van der Waals surface area contributed by atoms with Crippen LogP contribution in [0.4, 0.5) is 0 Å². The molecule has 0 aliphatic heterocycles. The molecule has 1 aliphatic rings. The van der Waals surface area contributed by atoms with Crippen molar-refractivity contribution in [2.75, 3.05) is 6.26 Å². The summed E-state index contributed by atoms with van der Waals surface area (Å²) in [6.45, 7) is 1.92. The maximum Gasteiger partial charge on any atom is 0.208 e. The lowest BCUT2D eigenvalue weighted by molar-refractivity contribution is 0.543. The van der Waals surface area contributed by atoms with Crippen molar-refractivity contribution in [3.63, 3.8) is 0 Å². The van der Waals surface area contributed by atoms with Crippen molar-refractivity contribution < 1.29 is 8.42 Å². The summed E-state index contributed by atoms with van der Waals surface area (Å²) in [6.07, 6.45) is 3.54. The van der Waals surface area contributed by atoms with Crippen LogP contribution in [0.2, 0.25) is 0 Å².